The van der Waals surface area contributed by atoms with Gasteiger partial charge in [-0.15, -0.1) is 0 Å². The molecule has 6 heteroatoms. The normalized spacial score (nSPS) is 16.9. The van der Waals surface area contributed by atoms with Crippen LogP contribution in [0.25, 0.3) is 0 Å². The number of benzene rings is 1. The highest BCUT2D eigenvalue weighted by molar-refractivity contribution is 5.99. The van der Waals surface area contributed by atoms with E-state index in [1.165, 1.54) is 14.2 Å². The summed E-state index contributed by atoms with van der Waals surface area (Å²) in [6.45, 7) is 1.63. The Bertz CT molecular complexity index is 489. The smallest absolute Gasteiger partial charge is 0.258 e. The Morgan fingerprint density at radius 2 is 1.86 bits per heavy atom. The topological polar surface area (TPSA) is 77.0 Å². The minimum atomic E-state index is -0.316. The number of hydrogen-bond donors (Lipinski definition) is 2. The van der Waals surface area contributed by atoms with Crippen LogP contribution in [-0.2, 0) is 4.74 Å². The highest BCUT2D eigenvalue weighted by atomic mass is 16.5. The first-order valence-corrected chi connectivity index (χ1v) is 7.33. The summed E-state index contributed by atoms with van der Waals surface area (Å²) in [4.78, 5) is 12.5. The molecular weight excluding hydrogens is 286 g/mol. The van der Waals surface area contributed by atoms with E-state index in [1.807, 2.05) is 0 Å². The summed E-state index contributed by atoms with van der Waals surface area (Å²) in [5, 5.41) is 12.6. The monoisotopic (exact) mass is 309 g/mol. The number of rotatable bonds is 6. The Balaban J connectivity index is 2.12. The summed E-state index contributed by atoms with van der Waals surface area (Å²) in [5.41, 5.74) is 0.0519. The second kappa shape index (κ2) is 7.47. The molecule has 0 spiro atoms. The molecule has 1 aromatic rings. The second-order valence-electron chi connectivity index (χ2n) is 5.49. The van der Waals surface area contributed by atoms with E-state index < -0.39 is 0 Å². The fraction of sp³-hybridized carbons (Fsp3) is 0.562. The number of hydrogen-bond acceptors (Lipinski definition) is 5. The average molecular weight is 309 g/mol. The van der Waals surface area contributed by atoms with Gasteiger partial charge >= 0.3 is 0 Å². The SMILES string of the molecule is COc1cccc(OC)c1C(=O)NCC1(CO)CCOCC1. The minimum absolute atomic E-state index is 0.0275. The Morgan fingerprint density at radius 3 is 2.36 bits per heavy atom. The molecule has 0 saturated carbocycles. The van der Waals surface area contributed by atoms with E-state index in [9.17, 15) is 9.90 Å². The summed E-state index contributed by atoms with van der Waals surface area (Å²) < 4.78 is 15.8. The van der Waals surface area contributed by atoms with Crippen LogP contribution in [0, 0.1) is 5.41 Å². The zero-order chi connectivity index (χ0) is 16.0. The molecule has 0 atom stereocenters. The van der Waals surface area contributed by atoms with Crippen LogP contribution in [0.1, 0.15) is 23.2 Å². The molecule has 1 aliphatic heterocycles. The van der Waals surface area contributed by atoms with Gasteiger partial charge in [-0.05, 0) is 25.0 Å². The van der Waals surface area contributed by atoms with Gasteiger partial charge < -0.3 is 24.6 Å². The van der Waals surface area contributed by atoms with Crippen molar-refractivity contribution in [2.24, 2.45) is 5.41 Å². The van der Waals surface area contributed by atoms with Crippen LogP contribution in [0.5, 0.6) is 11.5 Å². The van der Waals surface area contributed by atoms with E-state index in [0.717, 1.165) is 12.8 Å². The molecule has 2 rings (SSSR count). The molecule has 1 heterocycles. The molecule has 1 aromatic carbocycles. The molecular formula is C16H23NO5. The molecule has 6 nitrogen and oxygen atoms in total. The predicted molar refractivity (Wildman–Crippen MR) is 81.5 cm³/mol. The van der Waals surface area contributed by atoms with Gasteiger partial charge in [0.25, 0.3) is 5.91 Å². The maximum atomic E-state index is 12.5. The number of ether oxygens (including phenoxy) is 3. The van der Waals surface area contributed by atoms with Crippen LogP contribution < -0.4 is 14.8 Å². The van der Waals surface area contributed by atoms with Crippen LogP contribution in [0.15, 0.2) is 18.2 Å². The number of methoxy groups -OCH3 is 2. The highest BCUT2D eigenvalue weighted by Crippen LogP contribution is 2.31. The molecule has 0 unspecified atom stereocenters. The van der Waals surface area contributed by atoms with Gasteiger partial charge in [0, 0.05) is 25.2 Å². The van der Waals surface area contributed by atoms with Gasteiger partial charge in [0.1, 0.15) is 17.1 Å². The predicted octanol–water partition coefficient (Wildman–Crippen LogP) is 1.22. The molecule has 122 valence electrons. The molecule has 0 bridgehead atoms. The average Bonchev–Trinajstić information content (AvgIpc) is 2.59. The summed E-state index contributed by atoms with van der Waals surface area (Å²) >= 11 is 0. The maximum Gasteiger partial charge on any atom is 0.258 e. The molecule has 0 aromatic heterocycles. The lowest BCUT2D eigenvalue weighted by atomic mass is 9.81. The van der Waals surface area contributed by atoms with Crippen LogP contribution in [0.2, 0.25) is 0 Å². The number of aliphatic hydroxyl groups is 1. The van der Waals surface area contributed by atoms with E-state index in [4.69, 9.17) is 14.2 Å². The van der Waals surface area contributed by atoms with Crippen molar-refractivity contribution in [3.63, 3.8) is 0 Å². The number of carbonyl (C=O) groups is 1. The molecule has 1 saturated heterocycles. The van der Waals surface area contributed by atoms with E-state index in [1.54, 1.807) is 18.2 Å². The first-order valence-electron chi connectivity index (χ1n) is 7.33. The molecule has 1 amide bonds. The molecule has 0 aliphatic carbocycles. The van der Waals surface area contributed by atoms with Crippen molar-refractivity contribution < 1.29 is 24.1 Å². The fourth-order valence-electron chi connectivity index (χ4n) is 2.63. The van der Waals surface area contributed by atoms with Gasteiger partial charge in [0.05, 0.1) is 20.8 Å². The van der Waals surface area contributed by atoms with Gasteiger partial charge in [0.2, 0.25) is 0 Å². The van der Waals surface area contributed by atoms with Crippen molar-refractivity contribution >= 4 is 5.91 Å². The molecule has 1 aliphatic rings. The Labute approximate surface area is 130 Å². The van der Waals surface area contributed by atoms with Crippen LogP contribution in [0.4, 0.5) is 0 Å². The Kier molecular flexibility index (Phi) is 5.63. The van der Waals surface area contributed by atoms with Crippen molar-refractivity contribution in [3.05, 3.63) is 23.8 Å². The van der Waals surface area contributed by atoms with Gasteiger partial charge in [-0.2, -0.15) is 0 Å². The quantitative estimate of drug-likeness (QED) is 0.826. The number of carbonyl (C=O) groups excluding carboxylic acids is 1. The van der Waals surface area contributed by atoms with E-state index >= 15 is 0 Å². The summed E-state index contributed by atoms with van der Waals surface area (Å²) in [5.74, 6) is 0.650. The third kappa shape index (κ3) is 3.51. The molecule has 22 heavy (non-hydrogen) atoms. The Morgan fingerprint density at radius 1 is 1.27 bits per heavy atom. The number of nitrogens with one attached hydrogen (secondary N) is 1. The second-order valence-corrected chi connectivity index (χ2v) is 5.49. The third-order valence-corrected chi connectivity index (χ3v) is 4.17. The van der Waals surface area contributed by atoms with E-state index in [2.05, 4.69) is 5.32 Å². The maximum absolute atomic E-state index is 12.5. The lowest BCUT2D eigenvalue weighted by molar-refractivity contribution is -0.0146. The lowest BCUT2D eigenvalue weighted by Crippen LogP contribution is -2.43. The van der Waals surface area contributed by atoms with Crippen molar-refractivity contribution in [2.45, 2.75) is 12.8 Å². The van der Waals surface area contributed by atoms with E-state index in [-0.39, 0.29) is 17.9 Å². The summed E-state index contributed by atoms with van der Waals surface area (Å²) in [6.07, 6.45) is 1.46. The summed E-state index contributed by atoms with van der Waals surface area (Å²) in [6, 6.07) is 5.20. The van der Waals surface area contributed by atoms with Gasteiger partial charge in [-0.3, -0.25) is 4.79 Å². The zero-order valence-corrected chi connectivity index (χ0v) is 13.1. The fourth-order valence-corrected chi connectivity index (χ4v) is 2.63. The van der Waals surface area contributed by atoms with Gasteiger partial charge in [0.15, 0.2) is 0 Å². The molecule has 0 radical (unpaired) electrons. The van der Waals surface area contributed by atoms with Gasteiger partial charge in [-0.25, -0.2) is 0 Å². The summed E-state index contributed by atoms with van der Waals surface area (Å²) in [7, 11) is 3.03. The van der Waals surface area contributed by atoms with E-state index in [0.29, 0.717) is 36.8 Å². The van der Waals surface area contributed by atoms with Gasteiger partial charge in [-0.1, -0.05) is 6.07 Å². The van der Waals surface area contributed by atoms with Crippen LogP contribution in [0.3, 0.4) is 0 Å². The van der Waals surface area contributed by atoms with Crippen molar-refractivity contribution in [1.29, 1.82) is 0 Å². The van der Waals surface area contributed by atoms with Crippen LogP contribution in [-0.4, -0.2) is 51.6 Å². The molecule has 1 fully saturated rings. The Hall–Kier alpha value is -1.79. The molecule has 2 N–H and O–H groups in total. The van der Waals surface area contributed by atoms with Crippen molar-refractivity contribution in [3.8, 4) is 11.5 Å². The zero-order valence-electron chi connectivity index (χ0n) is 13.1. The van der Waals surface area contributed by atoms with Crippen molar-refractivity contribution in [1.82, 2.24) is 5.32 Å². The standard InChI is InChI=1S/C16H23NO5/c1-20-12-4-3-5-13(21-2)14(12)15(19)17-10-16(11-18)6-8-22-9-7-16/h3-5,18H,6-11H2,1-2H3,(H,17,19). The lowest BCUT2D eigenvalue weighted by Gasteiger charge is -2.35. The van der Waals surface area contributed by atoms with Crippen molar-refractivity contribution in [2.75, 3.05) is 40.6 Å². The minimum Gasteiger partial charge on any atom is -0.496 e. The number of aliphatic hydroxyl groups excluding tert-OH is 1. The number of amides is 1. The van der Waals surface area contributed by atoms with Crippen LogP contribution >= 0.6 is 0 Å². The highest BCUT2D eigenvalue weighted by Gasteiger charge is 2.33. The first-order chi connectivity index (χ1) is 10.7. The first kappa shape index (κ1) is 16.6. The largest absolute Gasteiger partial charge is 0.496 e. The third-order valence-electron chi connectivity index (χ3n) is 4.17.